The highest BCUT2D eigenvalue weighted by Gasteiger charge is 2.13. The van der Waals surface area contributed by atoms with E-state index in [4.69, 9.17) is 9.47 Å². The first-order valence-corrected chi connectivity index (χ1v) is 6.52. The maximum absolute atomic E-state index is 5.20. The van der Waals surface area contributed by atoms with Crippen LogP contribution in [0, 0.1) is 6.92 Å². The standard InChI is InChI=1S/C11H18BrN3O2/c1-9-10(13-8-14-11(9)17-3)15(5-4-12)6-7-16-2/h8H,4-7H2,1-3H3. The minimum Gasteiger partial charge on any atom is -0.481 e. The van der Waals surface area contributed by atoms with Gasteiger partial charge in [0, 0.05) is 25.5 Å². The number of aromatic nitrogens is 2. The number of nitrogens with zero attached hydrogens (tertiary/aromatic N) is 3. The van der Waals surface area contributed by atoms with Gasteiger partial charge in [-0.2, -0.15) is 0 Å². The molecule has 0 aliphatic rings. The summed E-state index contributed by atoms with van der Waals surface area (Å²) < 4.78 is 10.3. The molecule has 1 aromatic rings. The summed E-state index contributed by atoms with van der Waals surface area (Å²) in [7, 11) is 3.31. The Morgan fingerprint density at radius 3 is 2.65 bits per heavy atom. The van der Waals surface area contributed by atoms with Gasteiger partial charge in [-0.1, -0.05) is 15.9 Å². The molecule has 0 spiro atoms. The predicted molar refractivity (Wildman–Crippen MR) is 71.2 cm³/mol. The summed E-state index contributed by atoms with van der Waals surface area (Å²) in [6, 6.07) is 0. The molecule has 0 aliphatic carbocycles. The number of ether oxygens (including phenoxy) is 2. The van der Waals surface area contributed by atoms with Crippen LogP contribution in [0.2, 0.25) is 0 Å². The van der Waals surface area contributed by atoms with Crippen LogP contribution < -0.4 is 9.64 Å². The Hall–Kier alpha value is -0.880. The second-order valence-electron chi connectivity index (χ2n) is 3.50. The number of rotatable bonds is 7. The van der Waals surface area contributed by atoms with Crippen molar-refractivity contribution in [2.45, 2.75) is 6.92 Å². The van der Waals surface area contributed by atoms with Crippen LogP contribution in [0.25, 0.3) is 0 Å². The lowest BCUT2D eigenvalue weighted by Gasteiger charge is -2.24. The first-order valence-electron chi connectivity index (χ1n) is 5.40. The molecule has 0 saturated heterocycles. The molecule has 0 fully saturated rings. The summed E-state index contributed by atoms with van der Waals surface area (Å²) >= 11 is 3.44. The van der Waals surface area contributed by atoms with Crippen molar-refractivity contribution in [2.24, 2.45) is 0 Å². The molecule has 0 amide bonds. The maximum atomic E-state index is 5.20. The Kier molecular flexibility index (Phi) is 6.21. The molecule has 0 N–H and O–H groups in total. The fourth-order valence-electron chi connectivity index (χ4n) is 1.58. The lowest BCUT2D eigenvalue weighted by atomic mass is 10.3. The molecule has 0 bridgehead atoms. The number of methoxy groups -OCH3 is 2. The molecular formula is C11H18BrN3O2. The molecule has 0 aromatic carbocycles. The third-order valence-corrected chi connectivity index (χ3v) is 2.78. The molecule has 6 heteroatoms. The van der Waals surface area contributed by atoms with Gasteiger partial charge in [0.2, 0.25) is 5.88 Å². The van der Waals surface area contributed by atoms with Gasteiger partial charge in [0.05, 0.1) is 19.3 Å². The van der Waals surface area contributed by atoms with Crippen LogP contribution in [0.5, 0.6) is 5.88 Å². The van der Waals surface area contributed by atoms with Crippen LogP contribution in [-0.4, -0.2) is 49.2 Å². The van der Waals surface area contributed by atoms with Crippen molar-refractivity contribution >= 4 is 21.7 Å². The van der Waals surface area contributed by atoms with E-state index in [-0.39, 0.29) is 0 Å². The van der Waals surface area contributed by atoms with Gasteiger partial charge in [-0.05, 0) is 6.92 Å². The van der Waals surface area contributed by atoms with E-state index in [2.05, 4.69) is 30.8 Å². The Labute approximate surface area is 110 Å². The predicted octanol–water partition coefficient (Wildman–Crippen LogP) is 1.64. The SMILES string of the molecule is COCCN(CCBr)c1ncnc(OC)c1C. The van der Waals surface area contributed by atoms with Crippen molar-refractivity contribution in [2.75, 3.05) is 44.1 Å². The van der Waals surface area contributed by atoms with Crippen LogP contribution in [0.1, 0.15) is 5.56 Å². The summed E-state index contributed by atoms with van der Waals surface area (Å²) in [4.78, 5) is 10.5. The quantitative estimate of drug-likeness (QED) is 0.717. The van der Waals surface area contributed by atoms with Gasteiger partial charge in [0.25, 0.3) is 0 Å². The summed E-state index contributed by atoms with van der Waals surface area (Å²) in [5, 5.41) is 0.877. The van der Waals surface area contributed by atoms with Crippen molar-refractivity contribution in [3.63, 3.8) is 0 Å². The number of anilines is 1. The maximum Gasteiger partial charge on any atom is 0.221 e. The summed E-state index contributed by atoms with van der Waals surface area (Å²) in [6.45, 7) is 4.29. The monoisotopic (exact) mass is 303 g/mol. The van der Waals surface area contributed by atoms with Gasteiger partial charge in [-0.3, -0.25) is 0 Å². The van der Waals surface area contributed by atoms with E-state index in [0.29, 0.717) is 12.5 Å². The second kappa shape index (κ2) is 7.45. The number of alkyl halides is 1. The smallest absolute Gasteiger partial charge is 0.221 e. The molecule has 5 nitrogen and oxygen atoms in total. The Balaban J connectivity index is 2.92. The van der Waals surface area contributed by atoms with Gasteiger partial charge in [-0.25, -0.2) is 9.97 Å². The first-order chi connectivity index (χ1) is 8.24. The highest BCUT2D eigenvalue weighted by Crippen LogP contribution is 2.23. The number of hydrogen-bond donors (Lipinski definition) is 0. The third-order valence-electron chi connectivity index (χ3n) is 2.42. The molecule has 0 atom stereocenters. The first kappa shape index (κ1) is 14.2. The van der Waals surface area contributed by atoms with E-state index in [1.54, 1.807) is 14.2 Å². The minimum absolute atomic E-state index is 0.618. The Bertz CT molecular complexity index is 349. The van der Waals surface area contributed by atoms with E-state index < -0.39 is 0 Å². The minimum atomic E-state index is 0.618. The zero-order valence-electron chi connectivity index (χ0n) is 10.4. The lowest BCUT2D eigenvalue weighted by Crippen LogP contribution is -2.30. The molecule has 1 heterocycles. The van der Waals surface area contributed by atoms with E-state index in [1.165, 1.54) is 6.33 Å². The van der Waals surface area contributed by atoms with Gasteiger partial charge in [0.15, 0.2) is 0 Å². The summed E-state index contributed by atoms with van der Waals surface area (Å²) in [5.74, 6) is 1.51. The fraction of sp³-hybridized carbons (Fsp3) is 0.636. The van der Waals surface area contributed by atoms with Gasteiger partial charge >= 0.3 is 0 Å². The largest absolute Gasteiger partial charge is 0.481 e. The molecule has 0 radical (unpaired) electrons. The van der Waals surface area contributed by atoms with E-state index >= 15 is 0 Å². The molecule has 17 heavy (non-hydrogen) atoms. The van der Waals surface area contributed by atoms with Crippen molar-refractivity contribution in [1.82, 2.24) is 9.97 Å². The van der Waals surface area contributed by atoms with E-state index in [1.807, 2.05) is 6.92 Å². The summed E-state index contributed by atoms with van der Waals surface area (Å²) in [5.41, 5.74) is 0.951. The van der Waals surface area contributed by atoms with E-state index in [0.717, 1.165) is 29.8 Å². The summed E-state index contributed by atoms with van der Waals surface area (Å²) in [6.07, 6.45) is 1.52. The van der Waals surface area contributed by atoms with E-state index in [9.17, 15) is 0 Å². The van der Waals surface area contributed by atoms with Crippen LogP contribution in [0.15, 0.2) is 6.33 Å². The Morgan fingerprint density at radius 2 is 2.06 bits per heavy atom. The number of halogens is 1. The molecule has 96 valence electrons. The van der Waals surface area contributed by atoms with Crippen LogP contribution in [0.4, 0.5) is 5.82 Å². The molecule has 1 rings (SSSR count). The van der Waals surface area contributed by atoms with Crippen molar-refractivity contribution < 1.29 is 9.47 Å². The van der Waals surface area contributed by atoms with Crippen molar-refractivity contribution in [1.29, 1.82) is 0 Å². The van der Waals surface area contributed by atoms with Crippen LogP contribution in [-0.2, 0) is 4.74 Å². The Morgan fingerprint density at radius 1 is 1.29 bits per heavy atom. The van der Waals surface area contributed by atoms with Crippen LogP contribution >= 0.6 is 15.9 Å². The van der Waals surface area contributed by atoms with Crippen molar-refractivity contribution in [3.05, 3.63) is 11.9 Å². The molecular weight excluding hydrogens is 286 g/mol. The van der Waals surface area contributed by atoms with Gasteiger partial charge < -0.3 is 14.4 Å². The number of hydrogen-bond acceptors (Lipinski definition) is 5. The van der Waals surface area contributed by atoms with Crippen LogP contribution in [0.3, 0.4) is 0 Å². The second-order valence-corrected chi connectivity index (χ2v) is 4.29. The normalized spacial score (nSPS) is 10.4. The highest BCUT2D eigenvalue weighted by atomic mass is 79.9. The molecule has 0 aliphatic heterocycles. The third kappa shape index (κ3) is 3.81. The molecule has 0 unspecified atom stereocenters. The molecule has 1 aromatic heterocycles. The topological polar surface area (TPSA) is 47.5 Å². The zero-order chi connectivity index (χ0) is 12.7. The fourth-order valence-corrected chi connectivity index (χ4v) is 2.01. The van der Waals surface area contributed by atoms with Gasteiger partial charge in [-0.15, -0.1) is 0 Å². The lowest BCUT2D eigenvalue weighted by molar-refractivity contribution is 0.205. The van der Waals surface area contributed by atoms with Crippen molar-refractivity contribution in [3.8, 4) is 5.88 Å². The molecule has 0 saturated carbocycles. The highest BCUT2D eigenvalue weighted by molar-refractivity contribution is 9.09. The van der Waals surface area contributed by atoms with Gasteiger partial charge in [0.1, 0.15) is 12.1 Å². The average molecular weight is 304 g/mol. The zero-order valence-corrected chi connectivity index (χ0v) is 12.0. The average Bonchev–Trinajstić information content (AvgIpc) is 2.35.